The van der Waals surface area contributed by atoms with Crippen LogP contribution in [0.15, 0.2) is 24.5 Å². The highest BCUT2D eigenvalue weighted by molar-refractivity contribution is 5.71. The molecule has 1 spiro atoms. The maximum absolute atomic E-state index is 9.72. The van der Waals surface area contributed by atoms with Gasteiger partial charge in [-0.2, -0.15) is 0 Å². The number of pyridine rings is 1. The molecule has 116 valence electrons. The van der Waals surface area contributed by atoms with E-state index < -0.39 is 0 Å². The van der Waals surface area contributed by atoms with Crippen molar-refractivity contribution >= 4 is 17.0 Å². The monoisotopic (exact) mass is 298 g/mol. The largest absolute Gasteiger partial charge is 0.393 e. The Morgan fingerprint density at radius 2 is 1.73 bits per heavy atom. The smallest absolute Gasteiger partial charge is 0.180 e. The van der Waals surface area contributed by atoms with E-state index in [4.69, 9.17) is 0 Å². The van der Waals surface area contributed by atoms with E-state index in [-0.39, 0.29) is 6.10 Å². The molecule has 2 fully saturated rings. The van der Waals surface area contributed by atoms with Gasteiger partial charge in [0.2, 0.25) is 0 Å². The molecule has 1 saturated carbocycles. The predicted molar refractivity (Wildman–Crippen MR) is 85.7 cm³/mol. The first kappa shape index (κ1) is 13.9. The summed E-state index contributed by atoms with van der Waals surface area (Å²) in [5.74, 6) is 1.01. The summed E-state index contributed by atoms with van der Waals surface area (Å²) >= 11 is 0. The molecule has 0 aromatic carbocycles. The summed E-state index contributed by atoms with van der Waals surface area (Å²) in [4.78, 5) is 15.6. The van der Waals surface area contributed by atoms with Crippen molar-refractivity contribution in [2.45, 2.75) is 44.6 Å². The second kappa shape index (κ2) is 5.47. The molecular formula is C17H22N4O. The van der Waals surface area contributed by atoms with Crippen molar-refractivity contribution in [3.05, 3.63) is 24.5 Å². The van der Waals surface area contributed by atoms with Crippen LogP contribution < -0.4 is 4.90 Å². The van der Waals surface area contributed by atoms with Crippen molar-refractivity contribution in [2.24, 2.45) is 5.41 Å². The van der Waals surface area contributed by atoms with Crippen molar-refractivity contribution in [3.63, 3.8) is 0 Å². The van der Waals surface area contributed by atoms with Crippen molar-refractivity contribution in [1.82, 2.24) is 15.0 Å². The zero-order chi connectivity index (χ0) is 15.0. The number of aliphatic hydroxyl groups is 1. The number of piperidine rings is 1. The lowest BCUT2D eigenvalue weighted by Gasteiger charge is -2.45. The fourth-order valence-electron chi connectivity index (χ4n) is 3.95. The zero-order valence-electron chi connectivity index (χ0n) is 12.8. The first-order chi connectivity index (χ1) is 10.7. The fourth-order valence-corrected chi connectivity index (χ4v) is 3.95. The summed E-state index contributed by atoms with van der Waals surface area (Å²) in [6.07, 6.45) is 10.1. The summed E-state index contributed by atoms with van der Waals surface area (Å²) in [6.45, 7) is 2.10. The van der Waals surface area contributed by atoms with Gasteiger partial charge in [-0.05, 0) is 56.1 Å². The van der Waals surface area contributed by atoms with Gasteiger partial charge in [0, 0.05) is 25.5 Å². The van der Waals surface area contributed by atoms with E-state index in [0.717, 1.165) is 42.9 Å². The predicted octanol–water partition coefficient (Wildman–Crippen LogP) is 2.55. The molecule has 5 nitrogen and oxygen atoms in total. The minimum Gasteiger partial charge on any atom is -0.393 e. The van der Waals surface area contributed by atoms with Crippen LogP contribution in [0.3, 0.4) is 0 Å². The molecule has 3 heterocycles. The number of rotatable bonds is 1. The molecule has 0 amide bonds. The zero-order valence-corrected chi connectivity index (χ0v) is 12.8. The highest BCUT2D eigenvalue weighted by Gasteiger charge is 2.37. The lowest BCUT2D eigenvalue weighted by molar-refractivity contribution is 0.0477. The van der Waals surface area contributed by atoms with Gasteiger partial charge in [-0.1, -0.05) is 0 Å². The fraction of sp³-hybridized carbons (Fsp3) is 0.588. The van der Waals surface area contributed by atoms with Gasteiger partial charge in [0.25, 0.3) is 0 Å². The topological polar surface area (TPSA) is 62.1 Å². The maximum Gasteiger partial charge on any atom is 0.180 e. The average molecular weight is 298 g/mol. The quantitative estimate of drug-likeness (QED) is 0.876. The standard InChI is InChI=1S/C17H22N4O/c22-13-3-5-17(6-4-13)7-11-21(12-8-17)15-2-1-14-16(20-15)19-10-9-18-14/h1-2,9-10,13,22H,3-8,11-12H2. The summed E-state index contributed by atoms with van der Waals surface area (Å²) in [7, 11) is 0. The van der Waals surface area contributed by atoms with Crippen LogP contribution in [0.5, 0.6) is 0 Å². The minimum absolute atomic E-state index is 0.0654. The Bertz CT molecular complexity index is 657. The molecule has 4 rings (SSSR count). The van der Waals surface area contributed by atoms with Gasteiger partial charge in [0.15, 0.2) is 5.65 Å². The number of aliphatic hydroxyl groups excluding tert-OH is 1. The highest BCUT2D eigenvalue weighted by Crippen LogP contribution is 2.45. The SMILES string of the molecule is OC1CCC2(CC1)CCN(c1ccc3nccnc3n1)CC2. The van der Waals surface area contributed by atoms with E-state index in [1.807, 2.05) is 6.07 Å². The normalized spacial score (nSPS) is 22.3. The molecule has 5 heteroatoms. The van der Waals surface area contributed by atoms with Crippen molar-refractivity contribution in [3.8, 4) is 0 Å². The third kappa shape index (κ3) is 2.54. The third-order valence-corrected chi connectivity index (χ3v) is 5.48. The number of hydrogen-bond donors (Lipinski definition) is 1. The number of hydrogen-bond acceptors (Lipinski definition) is 5. The van der Waals surface area contributed by atoms with Crippen molar-refractivity contribution < 1.29 is 5.11 Å². The van der Waals surface area contributed by atoms with Gasteiger partial charge in [0.1, 0.15) is 11.3 Å². The molecule has 2 aromatic heterocycles. The van der Waals surface area contributed by atoms with Crippen LogP contribution in [-0.2, 0) is 0 Å². The van der Waals surface area contributed by atoms with Gasteiger partial charge in [0.05, 0.1) is 6.10 Å². The van der Waals surface area contributed by atoms with Crippen LogP contribution in [0, 0.1) is 5.41 Å². The number of nitrogens with zero attached hydrogens (tertiary/aromatic N) is 4. The maximum atomic E-state index is 9.72. The summed E-state index contributed by atoms with van der Waals surface area (Å²) in [5.41, 5.74) is 2.04. The second-order valence-electron chi connectivity index (χ2n) is 6.79. The van der Waals surface area contributed by atoms with E-state index in [1.54, 1.807) is 12.4 Å². The van der Waals surface area contributed by atoms with Crippen LogP contribution in [0.25, 0.3) is 11.2 Å². The minimum atomic E-state index is -0.0654. The van der Waals surface area contributed by atoms with Gasteiger partial charge in [-0.15, -0.1) is 0 Å². The lowest BCUT2D eigenvalue weighted by atomic mass is 9.67. The molecule has 0 atom stereocenters. The van der Waals surface area contributed by atoms with Gasteiger partial charge in [-0.3, -0.25) is 4.98 Å². The van der Waals surface area contributed by atoms with Crippen LogP contribution in [0.2, 0.25) is 0 Å². The van der Waals surface area contributed by atoms with E-state index in [0.29, 0.717) is 5.41 Å². The van der Waals surface area contributed by atoms with E-state index in [1.165, 1.54) is 25.7 Å². The summed E-state index contributed by atoms with van der Waals surface area (Å²) in [6, 6.07) is 4.06. The Balaban J connectivity index is 1.48. The summed E-state index contributed by atoms with van der Waals surface area (Å²) < 4.78 is 0. The Labute approximate surface area is 130 Å². The van der Waals surface area contributed by atoms with E-state index in [9.17, 15) is 5.11 Å². The van der Waals surface area contributed by atoms with Crippen molar-refractivity contribution in [1.29, 1.82) is 0 Å². The van der Waals surface area contributed by atoms with E-state index in [2.05, 4.69) is 25.9 Å². The molecule has 22 heavy (non-hydrogen) atoms. The molecule has 1 N–H and O–H groups in total. The lowest BCUT2D eigenvalue weighted by Crippen LogP contribution is -2.42. The van der Waals surface area contributed by atoms with Gasteiger partial charge >= 0.3 is 0 Å². The van der Waals surface area contributed by atoms with Crippen LogP contribution in [-0.4, -0.2) is 39.3 Å². The Morgan fingerprint density at radius 3 is 2.50 bits per heavy atom. The molecule has 1 aliphatic carbocycles. The first-order valence-electron chi connectivity index (χ1n) is 8.25. The van der Waals surface area contributed by atoms with Gasteiger partial charge in [-0.25, -0.2) is 9.97 Å². The Kier molecular flexibility index (Phi) is 3.45. The molecule has 0 radical (unpaired) electrons. The van der Waals surface area contributed by atoms with E-state index >= 15 is 0 Å². The van der Waals surface area contributed by atoms with Crippen LogP contribution in [0.1, 0.15) is 38.5 Å². The number of fused-ring (bicyclic) bond motifs is 1. The summed E-state index contributed by atoms with van der Waals surface area (Å²) in [5, 5.41) is 9.72. The average Bonchev–Trinajstić information content (AvgIpc) is 2.58. The van der Waals surface area contributed by atoms with Crippen LogP contribution in [0.4, 0.5) is 5.82 Å². The molecule has 0 bridgehead atoms. The highest BCUT2D eigenvalue weighted by atomic mass is 16.3. The molecule has 2 aromatic rings. The molecule has 2 aliphatic rings. The number of aromatic nitrogens is 3. The Hall–Kier alpha value is -1.75. The first-order valence-corrected chi connectivity index (χ1v) is 8.25. The van der Waals surface area contributed by atoms with Crippen molar-refractivity contribution in [2.75, 3.05) is 18.0 Å². The molecule has 0 unspecified atom stereocenters. The molecule has 1 aliphatic heterocycles. The molecule has 1 saturated heterocycles. The Morgan fingerprint density at radius 1 is 1.00 bits per heavy atom. The molecular weight excluding hydrogens is 276 g/mol. The van der Waals surface area contributed by atoms with Gasteiger partial charge < -0.3 is 10.0 Å². The van der Waals surface area contributed by atoms with Crippen LogP contribution >= 0.6 is 0 Å². The third-order valence-electron chi connectivity index (χ3n) is 5.48. The number of anilines is 1. The second-order valence-corrected chi connectivity index (χ2v) is 6.79.